The minimum Gasteiger partial charge on any atom is -0.256 e. The van der Waals surface area contributed by atoms with Crippen molar-refractivity contribution in [3.8, 4) is 22.4 Å². The van der Waals surface area contributed by atoms with Crippen molar-refractivity contribution in [3.63, 3.8) is 0 Å². The Bertz CT molecular complexity index is 993. The molecule has 0 N–H and O–H groups in total. The zero-order valence-electron chi connectivity index (χ0n) is 18.0. The van der Waals surface area contributed by atoms with Crippen LogP contribution in [-0.4, -0.2) is 44.2 Å². The van der Waals surface area contributed by atoms with Gasteiger partial charge in [0.15, 0.2) is 0 Å². The van der Waals surface area contributed by atoms with Crippen molar-refractivity contribution in [2.24, 2.45) is 0 Å². The van der Waals surface area contributed by atoms with Gasteiger partial charge >= 0.3 is 0 Å². The Kier molecular flexibility index (Phi) is 5.21. The van der Waals surface area contributed by atoms with Crippen molar-refractivity contribution < 1.29 is 0 Å². The molecular formula is C21H26B5N. The number of pyridine rings is 1. The first-order valence-electron chi connectivity index (χ1n) is 9.75. The van der Waals surface area contributed by atoms with E-state index >= 15 is 0 Å². The number of aromatic nitrogens is 1. The summed E-state index contributed by atoms with van der Waals surface area (Å²) < 4.78 is 0. The van der Waals surface area contributed by atoms with Gasteiger partial charge in [0.2, 0.25) is 0 Å². The van der Waals surface area contributed by atoms with Gasteiger partial charge in [0.05, 0.1) is 5.69 Å². The summed E-state index contributed by atoms with van der Waals surface area (Å²) in [5.74, 6) is 0. The zero-order valence-corrected chi connectivity index (χ0v) is 18.0. The molecule has 1 nitrogen and oxygen atoms in total. The lowest BCUT2D eigenvalue weighted by molar-refractivity contribution is 0.590. The van der Waals surface area contributed by atoms with E-state index in [0.717, 1.165) is 5.69 Å². The van der Waals surface area contributed by atoms with Crippen LogP contribution in [-0.2, 0) is 5.41 Å². The molecule has 0 unspecified atom stereocenters. The predicted molar refractivity (Wildman–Crippen MR) is 135 cm³/mol. The normalized spacial score (nSPS) is 11.5. The molecule has 6 heteroatoms. The van der Waals surface area contributed by atoms with Crippen LogP contribution in [0.3, 0.4) is 0 Å². The summed E-state index contributed by atoms with van der Waals surface area (Å²) in [7, 11) is 11.2. The van der Waals surface area contributed by atoms with Crippen molar-refractivity contribution in [2.45, 2.75) is 26.2 Å². The summed E-state index contributed by atoms with van der Waals surface area (Å²) in [5.41, 5.74) is 13.2. The maximum absolute atomic E-state index is 4.68. The van der Waals surface area contributed by atoms with Crippen LogP contribution in [0.5, 0.6) is 0 Å². The Hall–Kier alpha value is -2.09. The van der Waals surface area contributed by atoms with Gasteiger partial charge in [-0.2, -0.15) is 0 Å². The van der Waals surface area contributed by atoms with Gasteiger partial charge < -0.3 is 0 Å². The van der Waals surface area contributed by atoms with E-state index in [-0.39, 0.29) is 5.41 Å². The largest absolute Gasteiger partial charge is 0.256 e. The highest BCUT2D eigenvalue weighted by Gasteiger charge is 2.16. The van der Waals surface area contributed by atoms with Gasteiger partial charge in [-0.3, -0.25) is 4.98 Å². The fourth-order valence-corrected chi connectivity index (χ4v) is 3.82. The van der Waals surface area contributed by atoms with Gasteiger partial charge in [-0.25, -0.2) is 0 Å². The standard InChI is InChI=1S/C21H26B5N/c1-21(2,3)13-6-4-5-11(9-13)14-10-12(7-8-27-14)15-16(22)18(24)20(26)19(25)17(15)23/h4-10H,22-26H2,1-3H3. The molecule has 3 rings (SSSR count). The molecule has 0 fully saturated rings. The van der Waals surface area contributed by atoms with Crippen LogP contribution in [0.25, 0.3) is 22.4 Å². The molecule has 0 spiro atoms. The molecule has 2 aromatic carbocycles. The lowest BCUT2D eigenvalue weighted by atomic mass is 9.60. The quantitative estimate of drug-likeness (QED) is 0.451. The summed E-state index contributed by atoms with van der Waals surface area (Å²) in [6.45, 7) is 6.75. The van der Waals surface area contributed by atoms with Crippen molar-refractivity contribution >= 4 is 66.5 Å². The van der Waals surface area contributed by atoms with Crippen molar-refractivity contribution in [1.29, 1.82) is 0 Å². The smallest absolute Gasteiger partial charge is 0.139 e. The third-order valence-electron chi connectivity index (χ3n) is 6.07. The fourth-order valence-electron chi connectivity index (χ4n) is 3.82. The van der Waals surface area contributed by atoms with Crippen LogP contribution < -0.4 is 27.3 Å². The van der Waals surface area contributed by atoms with E-state index in [1.807, 2.05) is 6.20 Å². The molecule has 0 bridgehead atoms. The molecule has 1 heterocycles. The molecule has 0 aliphatic rings. The molecule has 27 heavy (non-hydrogen) atoms. The molecule has 3 aromatic rings. The minimum atomic E-state index is 0.131. The van der Waals surface area contributed by atoms with E-state index in [4.69, 9.17) is 0 Å². The third kappa shape index (κ3) is 3.67. The van der Waals surface area contributed by atoms with Crippen molar-refractivity contribution in [3.05, 3.63) is 48.2 Å². The SMILES string of the molecule is Bc1c(B)c(B)c(-c2ccnc(-c3cccc(C(C)(C)C)c3)c2)c(B)c1B. The van der Waals surface area contributed by atoms with Crippen LogP contribution in [0.4, 0.5) is 0 Å². The molecule has 1 aromatic heterocycles. The summed E-state index contributed by atoms with van der Waals surface area (Å²) in [5, 5.41) is 0. The first-order valence-corrected chi connectivity index (χ1v) is 9.75. The van der Waals surface area contributed by atoms with E-state index in [9.17, 15) is 0 Å². The lowest BCUT2D eigenvalue weighted by Gasteiger charge is -2.21. The second-order valence-electron chi connectivity index (χ2n) is 8.76. The predicted octanol–water partition coefficient (Wildman–Crippen LogP) is -2.99. The number of nitrogens with zero attached hydrogens (tertiary/aromatic N) is 1. The third-order valence-corrected chi connectivity index (χ3v) is 6.07. The number of benzene rings is 2. The molecule has 0 saturated heterocycles. The highest BCUT2D eigenvalue weighted by atomic mass is 14.7. The second-order valence-corrected chi connectivity index (χ2v) is 8.76. The van der Waals surface area contributed by atoms with E-state index in [1.165, 1.54) is 49.6 Å². The highest BCUT2D eigenvalue weighted by Crippen LogP contribution is 2.28. The molecule has 0 amide bonds. The Balaban J connectivity index is 2.17. The van der Waals surface area contributed by atoms with Gasteiger partial charge in [0, 0.05) is 11.8 Å². The summed E-state index contributed by atoms with van der Waals surface area (Å²) in [4.78, 5) is 4.68. The molecule has 0 aliphatic heterocycles. The van der Waals surface area contributed by atoms with E-state index in [0.29, 0.717) is 0 Å². The molecule has 130 valence electrons. The van der Waals surface area contributed by atoms with Gasteiger partial charge in [0.25, 0.3) is 0 Å². The molecule has 0 aliphatic carbocycles. The summed E-state index contributed by atoms with van der Waals surface area (Å²) in [6.07, 6.45) is 1.94. The van der Waals surface area contributed by atoms with Gasteiger partial charge in [-0.05, 0) is 40.3 Å². The lowest BCUT2D eigenvalue weighted by Crippen LogP contribution is -2.55. The Morgan fingerprint density at radius 3 is 1.89 bits per heavy atom. The number of hydrogen-bond donors (Lipinski definition) is 0. The van der Waals surface area contributed by atoms with Gasteiger partial charge in [0.1, 0.15) is 39.2 Å². The Morgan fingerprint density at radius 1 is 0.704 bits per heavy atom. The number of rotatable bonds is 2. The monoisotopic (exact) mass is 347 g/mol. The van der Waals surface area contributed by atoms with Crippen LogP contribution in [0.15, 0.2) is 42.6 Å². The highest BCUT2D eigenvalue weighted by molar-refractivity contribution is 6.68. The fraction of sp³-hybridized carbons (Fsp3) is 0.190. The van der Waals surface area contributed by atoms with E-state index in [1.54, 1.807) is 0 Å². The average Bonchev–Trinajstić information content (AvgIpc) is 2.65. The molecule has 0 radical (unpaired) electrons. The van der Waals surface area contributed by atoms with Crippen LogP contribution >= 0.6 is 0 Å². The Morgan fingerprint density at radius 2 is 1.30 bits per heavy atom. The number of hydrogen-bond acceptors (Lipinski definition) is 1. The maximum atomic E-state index is 4.68. The second kappa shape index (κ2) is 7.15. The van der Waals surface area contributed by atoms with Gasteiger partial charge in [-0.15, -0.1) is 16.4 Å². The van der Waals surface area contributed by atoms with Crippen LogP contribution in [0.1, 0.15) is 26.3 Å². The first kappa shape index (κ1) is 19.7. The van der Waals surface area contributed by atoms with Crippen molar-refractivity contribution in [2.75, 3.05) is 0 Å². The Labute approximate surface area is 168 Å². The topological polar surface area (TPSA) is 12.9 Å². The van der Waals surface area contributed by atoms with Crippen LogP contribution in [0, 0.1) is 0 Å². The van der Waals surface area contributed by atoms with E-state index in [2.05, 4.69) is 101 Å². The van der Waals surface area contributed by atoms with Crippen molar-refractivity contribution in [1.82, 2.24) is 4.98 Å². The molecule has 0 saturated carbocycles. The van der Waals surface area contributed by atoms with Gasteiger partial charge in [-0.1, -0.05) is 49.9 Å². The van der Waals surface area contributed by atoms with Crippen LogP contribution in [0.2, 0.25) is 0 Å². The van der Waals surface area contributed by atoms with E-state index < -0.39 is 0 Å². The molecular weight excluding hydrogens is 320 g/mol. The maximum Gasteiger partial charge on any atom is 0.139 e. The zero-order chi connectivity index (χ0) is 19.9. The molecule has 0 atom stereocenters. The average molecular weight is 347 g/mol. The minimum absolute atomic E-state index is 0.131. The summed E-state index contributed by atoms with van der Waals surface area (Å²) in [6, 6.07) is 13.2. The summed E-state index contributed by atoms with van der Waals surface area (Å²) >= 11 is 0. The first-order chi connectivity index (χ1) is 12.6.